The summed E-state index contributed by atoms with van der Waals surface area (Å²) in [5.41, 5.74) is -0.708. The van der Waals surface area contributed by atoms with Crippen molar-refractivity contribution in [2.24, 2.45) is 0 Å². The van der Waals surface area contributed by atoms with E-state index < -0.39 is 16.6 Å². The number of carbonyl (C=O) groups excluding carboxylic acids is 1. The molecule has 0 spiro atoms. The van der Waals surface area contributed by atoms with E-state index in [2.05, 4.69) is 15.2 Å². The number of halogens is 1. The molecule has 1 heterocycles. The number of hydrogen-bond donors (Lipinski definition) is 1. The van der Waals surface area contributed by atoms with Crippen LogP contribution in [0.5, 0.6) is 0 Å². The van der Waals surface area contributed by atoms with E-state index >= 15 is 0 Å². The van der Waals surface area contributed by atoms with Crippen molar-refractivity contribution < 1.29 is 14.1 Å². The molecule has 0 aliphatic carbocycles. The van der Waals surface area contributed by atoms with Gasteiger partial charge in [0.25, 0.3) is 11.6 Å². The van der Waals surface area contributed by atoms with Crippen LogP contribution in [0.4, 0.5) is 10.1 Å². The number of hydrogen-bond acceptors (Lipinski definition) is 5. The zero-order valence-electron chi connectivity index (χ0n) is 11.3. The largest absolute Gasteiger partial charge is 0.334 e. The molecule has 0 aliphatic rings. The van der Waals surface area contributed by atoms with E-state index in [0.717, 1.165) is 18.2 Å². The van der Waals surface area contributed by atoms with Gasteiger partial charge in [0.2, 0.25) is 0 Å². The van der Waals surface area contributed by atoms with Crippen LogP contribution in [0.2, 0.25) is 0 Å². The normalized spacial score (nSPS) is 10.4. The van der Waals surface area contributed by atoms with Crippen LogP contribution in [0.15, 0.2) is 18.2 Å². The number of amides is 1. The van der Waals surface area contributed by atoms with E-state index in [-0.39, 0.29) is 17.8 Å². The first kappa shape index (κ1) is 14.6. The molecule has 1 amide bonds. The third-order valence-corrected chi connectivity index (χ3v) is 2.76. The number of nitro groups is 1. The molecule has 21 heavy (non-hydrogen) atoms. The zero-order valence-corrected chi connectivity index (χ0v) is 11.3. The molecule has 2 aromatic rings. The molecule has 2 rings (SSSR count). The molecule has 0 aliphatic heterocycles. The van der Waals surface area contributed by atoms with Crippen molar-refractivity contribution in [2.75, 3.05) is 7.05 Å². The molecular weight excluding hydrogens is 281 g/mol. The minimum Gasteiger partial charge on any atom is -0.334 e. The van der Waals surface area contributed by atoms with Gasteiger partial charge in [0.15, 0.2) is 5.82 Å². The minimum absolute atomic E-state index is 0.0608. The first-order chi connectivity index (χ1) is 9.88. The second-order valence-corrected chi connectivity index (χ2v) is 4.42. The highest BCUT2D eigenvalue weighted by Gasteiger charge is 2.21. The van der Waals surface area contributed by atoms with Crippen LogP contribution in [0.3, 0.4) is 0 Å². The summed E-state index contributed by atoms with van der Waals surface area (Å²) in [5.74, 6) is -0.538. The summed E-state index contributed by atoms with van der Waals surface area (Å²) in [6, 6.07) is 2.82. The van der Waals surface area contributed by atoms with Gasteiger partial charge in [0.05, 0.1) is 17.0 Å². The Morgan fingerprint density at radius 3 is 2.81 bits per heavy atom. The Morgan fingerprint density at radius 2 is 2.24 bits per heavy atom. The molecule has 1 aromatic heterocycles. The average molecular weight is 293 g/mol. The van der Waals surface area contributed by atoms with E-state index in [1.807, 2.05) is 0 Å². The quantitative estimate of drug-likeness (QED) is 0.678. The monoisotopic (exact) mass is 293 g/mol. The lowest BCUT2D eigenvalue weighted by molar-refractivity contribution is -0.384. The summed E-state index contributed by atoms with van der Waals surface area (Å²) in [5, 5.41) is 17.2. The predicted octanol–water partition coefficient (Wildman–Crippen LogP) is 1.43. The number of nitrogens with zero attached hydrogens (tertiary/aromatic N) is 4. The third-order valence-electron chi connectivity index (χ3n) is 2.76. The Hall–Kier alpha value is -2.84. The van der Waals surface area contributed by atoms with Gasteiger partial charge in [-0.05, 0) is 13.0 Å². The lowest BCUT2D eigenvalue weighted by atomic mass is 10.1. The maximum absolute atomic E-state index is 13.7. The number of non-ortho nitro benzene ring substituents is 1. The number of aromatic amines is 1. The first-order valence-corrected chi connectivity index (χ1v) is 5.95. The molecule has 0 radical (unpaired) electrons. The lowest BCUT2D eigenvalue weighted by Gasteiger charge is -2.15. The van der Waals surface area contributed by atoms with Gasteiger partial charge in [-0.1, -0.05) is 0 Å². The van der Waals surface area contributed by atoms with Crippen molar-refractivity contribution >= 4 is 11.6 Å². The Kier molecular flexibility index (Phi) is 3.92. The summed E-state index contributed by atoms with van der Waals surface area (Å²) >= 11 is 0. The SMILES string of the molecule is Cc1nc(CN(C)C(=O)c2cc([N+](=O)[O-])ccc2F)n[nH]1. The van der Waals surface area contributed by atoms with E-state index in [9.17, 15) is 19.3 Å². The number of benzene rings is 1. The van der Waals surface area contributed by atoms with Gasteiger partial charge < -0.3 is 4.90 Å². The fourth-order valence-electron chi connectivity index (χ4n) is 1.74. The molecule has 1 N–H and O–H groups in total. The van der Waals surface area contributed by atoms with Crippen LogP contribution in [0, 0.1) is 22.9 Å². The Labute approximate surface area is 118 Å². The van der Waals surface area contributed by atoms with E-state index in [1.54, 1.807) is 6.92 Å². The molecule has 0 atom stereocenters. The van der Waals surface area contributed by atoms with Crippen molar-refractivity contribution in [1.82, 2.24) is 20.1 Å². The van der Waals surface area contributed by atoms with Gasteiger partial charge in [-0.2, -0.15) is 5.10 Å². The topological polar surface area (TPSA) is 105 Å². The van der Waals surface area contributed by atoms with Crippen LogP contribution in [-0.4, -0.2) is 38.0 Å². The molecule has 0 saturated carbocycles. The fourth-order valence-corrected chi connectivity index (χ4v) is 1.74. The third kappa shape index (κ3) is 3.19. The van der Waals surface area contributed by atoms with Crippen molar-refractivity contribution in [3.8, 4) is 0 Å². The molecule has 0 fully saturated rings. The molecule has 0 bridgehead atoms. The maximum Gasteiger partial charge on any atom is 0.270 e. The van der Waals surface area contributed by atoms with Crippen molar-refractivity contribution in [1.29, 1.82) is 0 Å². The summed E-state index contributed by atoms with van der Waals surface area (Å²) in [6.45, 7) is 1.77. The average Bonchev–Trinajstić information content (AvgIpc) is 2.83. The number of aryl methyl sites for hydroxylation is 1. The zero-order chi connectivity index (χ0) is 15.6. The molecule has 0 saturated heterocycles. The van der Waals surface area contributed by atoms with Crippen LogP contribution >= 0.6 is 0 Å². The van der Waals surface area contributed by atoms with Gasteiger partial charge in [-0.15, -0.1) is 0 Å². The summed E-state index contributed by atoms with van der Waals surface area (Å²) in [4.78, 5) is 27.4. The molecule has 9 heteroatoms. The van der Waals surface area contributed by atoms with Gasteiger partial charge >= 0.3 is 0 Å². The minimum atomic E-state index is -0.816. The molecule has 1 aromatic carbocycles. The number of rotatable bonds is 4. The number of nitrogens with one attached hydrogen (secondary N) is 1. The number of H-pyrrole nitrogens is 1. The highest BCUT2D eigenvalue weighted by atomic mass is 19.1. The van der Waals surface area contributed by atoms with Gasteiger partial charge in [-0.3, -0.25) is 20.0 Å². The van der Waals surface area contributed by atoms with Crippen LogP contribution in [-0.2, 0) is 6.54 Å². The highest BCUT2D eigenvalue weighted by molar-refractivity contribution is 5.94. The molecule has 8 nitrogen and oxygen atoms in total. The van der Waals surface area contributed by atoms with Gasteiger partial charge in [0, 0.05) is 19.2 Å². The number of aromatic nitrogens is 3. The maximum atomic E-state index is 13.7. The van der Waals surface area contributed by atoms with Gasteiger partial charge in [0.1, 0.15) is 11.6 Å². The molecular formula is C12H12FN5O3. The van der Waals surface area contributed by atoms with Crippen molar-refractivity contribution in [3.05, 3.63) is 51.3 Å². The summed E-state index contributed by atoms with van der Waals surface area (Å²) in [6.07, 6.45) is 0. The second kappa shape index (κ2) is 5.65. The number of nitro benzene ring substituents is 1. The standard InChI is InChI=1S/C12H12FN5O3/c1-7-14-11(16-15-7)6-17(2)12(19)9-5-8(18(20)21)3-4-10(9)13/h3-5H,6H2,1-2H3,(H,14,15,16). The predicted molar refractivity (Wildman–Crippen MR) is 70.0 cm³/mol. The van der Waals surface area contributed by atoms with Crippen LogP contribution in [0.25, 0.3) is 0 Å². The van der Waals surface area contributed by atoms with E-state index in [1.165, 1.54) is 11.9 Å². The molecule has 110 valence electrons. The lowest BCUT2D eigenvalue weighted by Crippen LogP contribution is -2.27. The smallest absolute Gasteiger partial charge is 0.270 e. The van der Waals surface area contributed by atoms with Crippen LogP contribution in [0.1, 0.15) is 22.0 Å². The Balaban J connectivity index is 2.22. The van der Waals surface area contributed by atoms with E-state index in [0.29, 0.717) is 11.6 Å². The van der Waals surface area contributed by atoms with Crippen molar-refractivity contribution in [3.63, 3.8) is 0 Å². The number of carbonyl (C=O) groups is 1. The first-order valence-electron chi connectivity index (χ1n) is 5.95. The Bertz CT molecular complexity index is 700. The van der Waals surface area contributed by atoms with E-state index in [4.69, 9.17) is 0 Å². The Morgan fingerprint density at radius 1 is 1.52 bits per heavy atom. The molecule has 0 unspecified atom stereocenters. The summed E-state index contributed by atoms with van der Waals surface area (Å²) in [7, 11) is 1.44. The van der Waals surface area contributed by atoms with Crippen LogP contribution < -0.4 is 0 Å². The fraction of sp³-hybridized carbons (Fsp3) is 0.250. The second-order valence-electron chi connectivity index (χ2n) is 4.42. The highest BCUT2D eigenvalue weighted by Crippen LogP contribution is 2.18. The summed E-state index contributed by atoms with van der Waals surface area (Å²) < 4.78 is 13.7. The van der Waals surface area contributed by atoms with Crippen molar-refractivity contribution in [2.45, 2.75) is 13.5 Å². The van der Waals surface area contributed by atoms with Gasteiger partial charge in [-0.25, -0.2) is 9.37 Å².